The van der Waals surface area contributed by atoms with E-state index >= 15 is 0 Å². The summed E-state index contributed by atoms with van der Waals surface area (Å²) in [5.74, 6) is -0.325. The van der Waals surface area contributed by atoms with E-state index in [-0.39, 0.29) is 30.6 Å². The van der Waals surface area contributed by atoms with Gasteiger partial charge in [0.25, 0.3) is 5.91 Å². The molecule has 2 aromatic carbocycles. The Hall–Kier alpha value is -3.32. The second-order valence-electron chi connectivity index (χ2n) is 7.81. The van der Waals surface area contributed by atoms with Crippen LogP contribution in [0, 0.1) is 0 Å². The lowest BCUT2D eigenvalue weighted by Crippen LogP contribution is -2.50. The monoisotopic (exact) mass is 452 g/mol. The third-order valence-electron chi connectivity index (χ3n) is 5.68. The molecule has 4 rings (SSSR count). The molecule has 2 heterocycles. The molecule has 0 spiro atoms. The second-order valence-corrected chi connectivity index (χ2v) is 8.22. The summed E-state index contributed by atoms with van der Waals surface area (Å²) in [5, 5.41) is 4.40. The zero-order valence-corrected chi connectivity index (χ0v) is 18.4. The van der Waals surface area contributed by atoms with E-state index in [1.807, 2.05) is 48.5 Å². The maximum absolute atomic E-state index is 12.8. The number of fused-ring (bicyclic) bond motifs is 1. The summed E-state index contributed by atoms with van der Waals surface area (Å²) in [5.41, 5.74) is 2.32. The number of amides is 3. The highest BCUT2D eigenvalue weighted by molar-refractivity contribution is 6.31. The zero-order chi connectivity index (χ0) is 22.5. The highest BCUT2D eigenvalue weighted by Gasteiger charge is 2.25. The van der Waals surface area contributed by atoms with Crippen LogP contribution in [-0.2, 0) is 16.1 Å². The number of aromatic amines is 1. The number of para-hydroxylation sites is 1. The number of benzene rings is 2. The number of hydrogen-bond donors (Lipinski definition) is 2. The lowest BCUT2D eigenvalue weighted by atomic mass is 10.2. The van der Waals surface area contributed by atoms with Gasteiger partial charge in [-0.05, 0) is 23.8 Å². The van der Waals surface area contributed by atoms with Crippen molar-refractivity contribution in [3.63, 3.8) is 0 Å². The summed E-state index contributed by atoms with van der Waals surface area (Å²) in [6, 6.07) is 16.9. The summed E-state index contributed by atoms with van der Waals surface area (Å²) in [6.07, 6.45) is 0.266. The molecule has 3 aromatic rings. The summed E-state index contributed by atoms with van der Waals surface area (Å²) in [7, 11) is 0. The van der Waals surface area contributed by atoms with Crippen LogP contribution < -0.4 is 5.32 Å². The summed E-state index contributed by atoms with van der Waals surface area (Å²) < 4.78 is 0. The molecule has 32 heavy (non-hydrogen) atoms. The number of carbonyl (C=O) groups excluding carboxylic acids is 3. The molecule has 2 N–H and O–H groups in total. The van der Waals surface area contributed by atoms with Gasteiger partial charge in [-0.2, -0.15) is 0 Å². The van der Waals surface area contributed by atoms with Crippen LogP contribution in [0.15, 0.2) is 54.6 Å². The van der Waals surface area contributed by atoms with E-state index in [4.69, 9.17) is 11.6 Å². The molecule has 3 amide bonds. The summed E-state index contributed by atoms with van der Waals surface area (Å²) in [6.45, 7) is 2.20. The average molecular weight is 453 g/mol. The van der Waals surface area contributed by atoms with E-state index in [0.717, 1.165) is 16.5 Å². The molecule has 1 saturated heterocycles. The molecule has 0 bridgehead atoms. The van der Waals surface area contributed by atoms with Crippen molar-refractivity contribution < 1.29 is 14.4 Å². The number of nitrogens with zero attached hydrogens (tertiary/aromatic N) is 2. The zero-order valence-electron chi connectivity index (χ0n) is 17.6. The molecule has 1 fully saturated rings. The Labute approximate surface area is 191 Å². The molecule has 8 heteroatoms. The number of aromatic nitrogens is 1. The topological polar surface area (TPSA) is 85.5 Å². The highest BCUT2D eigenvalue weighted by atomic mass is 35.5. The lowest BCUT2D eigenvalue weighted by molar-refractivity contribution is -0.134. The quantitative estimate of drug-likeness (QED) is 0.602. The van der Waals surface area contributed by atoms with Gasteiger partial charge in [-0.3, -0.25) is 14.4 Å². The van der Waals surface area contributed by atoms with Crippen molar-refractivity contribution in [2.75, 3.05) is 26.2 Å². The molecule has 1 aliphatic rings. The number of nitrogens with one attached hydrogen (secondary N) is 2. The van der Waals surface area contributed by atoms with Gasteiger partial charge in [0.2, 0.25) is 11.8 Å². The average Bonchev–Trinajstić information content (AvgIpc) is 3.26. The lowest BCUT2D eigenvalue weighted by Gasteiger charge is -2.34. The Morgan fingerprint density at radius 1 is 0.906 bits per heavy atom. The first-order valence-corrected chi connectivity index (χ1v) is 11.0. The minimum atomic E-state index is -0.189. The first-order chi connectivity index (χ1) is 15.5. The van der Waals surface area contributed by atoms with E-state index in [0.29, 0.717) is 43.4 Å². The van der Waals surface area contributed by atoms with E-state index < -0.39 is 0 Å². The van der Waals surface area contributed by atoms with Gasteiger partial charge < -0.3 is 20.1 Å². The smallest absolute Gasteiger partial charge is 0.270 e. The molecule has 0 radical (unpaired) electrons. The number of hydrogen-bond acceptors (Lipinski definition) is 3. The third-order valence-corrected chi connectivity index (χ3v) is 6.05. The molecule has 0 aliphatic carbocycles. The molecule has 166 valence electrons. The highest BCUT2D eigenvalue weighted by Crippen LogP contribution is 2.17. The van der Waals surface area contributed by atoms with Gasteiger partial charge in [0.05, 0.1) is 0 Å². The summed E-state index contributed by atoms with van der Waals surface area (Å²) in [4.78, 5) is 44.1. The van der Waals surface area contributed by atoms with Crippen molar-refractivity contribution in [3.8, 4) is 0 Å². The third kappa shape index (κ3) is 5.11. The standard InChI is InChI=1S/C24H25ClN4O3/c25-19-7-3-1-6-18(19)16-26-22(30)9-10-23(31)28-11-13-29(14-12-28)24(32)21-15-17-5-2-4-8-20(17)27-21/h1-8,15,27H,9-14,16H2,(H,26,30). The Balaban J connectivity index is 1.21. The van der Waals surface area contributed by atoms with Crippen molar-refractivity contribution >= 4 is 40.2 Å². The largest absolute Gasteiger partial charge is 0.352 e. The summed E-state index contributed by atoms with van der Waals surface area (Å²) >= 11 is 6.09. The van der Waals surface area contributed by atoms with Crippen molar-refractivity contribution in [1.82, 2.24) is 20.1 Å². The predicted octanol–water partition coefficient (Wildman–Crippen LogP) is 3.20. The Morgan fingerprint density at radius 2 is 1.59 bits per heavy atom. The van der Waals surface area contributed by atoms with E-state index in [1.54, 1.807) is 15.9 Å². The molecular formula is C24H25ClN4O3. The van der Waals surface area contributed by atoms with Crippen molar-refractivity contribution in [2.45, 2.75) is 19.4 Å². The van der Waals surface area contributed by atoms with Crippen molar-refractivity contribution in [2.24, 2.45) is 0 Å². The Bertz CT molecular complexity index is 1100. The predicted molar refractivity (Wildman–Crippen MR) is 123 cm³/mol. The molecule has 0 unspecified atom stereocenters. The van der Waals surface area contributed by atoms with Crippen LogP contribution in [0.4, 0.5) is 0 Å². The van der Waals surface area contributed by atoms with Gasteiger partial charge in [0, 0.05) is 61.5 Å². The van der Waals surface area contributed by atoms with Crippen LogP contribution >= 0.6 is 11.6 Å². The van der Waals surface area contributed by atoms with Gasteiger partial charge in [-0.1, -0.05) is 48.0 Å². The SMILES string of the molecule is O=C(CCC(=O)N1CCN(C(=O)c2cc3ccccc3[nH]2)CC1)NCc1ccccc1Cl. The Morgan fingerprint density at radius 3 is 2.34 bits per heavy atom. The fourth-order valence-electron chi connectivity index (χ4n) is 3.82. The van der Waals surface area contributed by atoms with Gasteiger partial charge in [0.1, 0.15) is 5.69 Å². The molecular weight excluding hydrogens is 428 g/mol. The first kappa shape index (κ1) is 21.9. The molecule has 1 aliphatic heterocycles. The fourth-order valence-corrected chi connectivity index (χ4v) is 4.02. The number of piperazine rings is 1. The van der Waals surface area contributed by atoms with Crippen LogP contribution in [0.1, 0.15) is 28.9 Å². The number of halogens is 1. The number of H-pyrrole nitrogens is 1. The maximum atomic E-state index is 12.8. The molecule has 1 aromatic heterocycles. The minimum absolute atomic E-state index is 0.0627. The van der Waals surface area contributed by atoms with Crippen LogP contribution in [0.3, 0.4) is 0 Å². The van der Waals surface area contributed by atoms with Crippen LogP contribution in [-0.4, -0.2) is 58.7 Å². The molecule has 7 nitrogen and oxygen atoms in total. The normalized spacial score (nSPS) is 13.9. The van der Waals surface area contributed by atoms with Gasteiger partial charge in [-0.25, -0.2) is 0 Å². The van der Waals surface area contributed by atoms with Gasteiger partial charge in [-0.15, -0.1) is 0 Å². The van der Waals surface area contributed by atoms with Crippen molar-refractivity contribution in [1.29, 1.82) is 0 Å². The Kier molecular flexibility index (Phi) is 6.75. The number of rotatable bonds is 6. The van der Waals surface area contributed by atoms with E-state index in [9.17, 15) is 14.4 Å². The minimum Gasteiger partial charge on any atom is -0.352 e. The van der Waals surface area contributed by atoms with Gasteiger partial charge in [0.15, 0.2) is 0 Å². The number of carbonyl (C=O) groups is 3. The second kappa shape index (κ2) is 9.87. The first-order valence-electron chi connectivity index (χ1n) is 10.7. The fraction of sp³-hybridized carbons (Fsp3) is 0.292. The van der Waals surface area contributed by atoms with Crippen LogP contribution in [0.5, 0.6) is 0 Å². The molecule has 0 atom stereocenters. The maximum Gasteiger partial charge on any atom is 0.270 e. The van der Waals surface area contributed by atoms with Crippen LogP contribution in [0.25, 0.3) is 10.9 Å². The van der Waals surface area contributed by atoms with Crippen molar-refractivity contribution in [3.05, 3.63) is 70.9 Å². The van der Waals surface area contributed by atoms with Gasteiger partial charge >= 0.3 is 0 Å². The van der Waals surface area contributed by atoms with E-state index in [1.165, 1.54) is 0 Å². The molecule has 0 saturated carbocycles. The van der Waals surface area contributed by atoms with E-state index in [2.05, 4.69) is 10.3 Å². The van der Waals surface area contributed by atoms with Crippen LogP contribution in [0.2, 0.25) is 5.02 Å².